The zero-order chi connectivity index (χ0) is 15.2. The van der Waals surface area contributed by atoms with E-state index in [9.17, 15) is 9.59 Å². The third kappa shape index (κ3) is 4.39. The van der Waals surface area contributed by atoms with E-state index >= 15 is 0 Å². The number of carbonyl (C=O) groups excluding carboxylic acids is 2. The fourth-order valence-electron chi connectivity index (χ4n) is 1.99. The molecule has 0 unspecified atom stereocenters. The molecular formula is C15H19N3O3. The Balaban J connectivity index is 2.04. The molecule has 21 heavy (non-hydrogen) atoms. The lowest BCUT2D eigenvalue weighted by Crippen LogP contribution is -2.40. The highest BCUT2D eigenvalue weighted by Gasteiger charge is 2.24. The minimum absolute atomic E-state index is 0.0917. The van der Waals surface area contributed by atoms with Crippen molar-refractivity contribution in [3.8, 4) is 0 Å². The Hall–Kier alpha value is -2.21. The lowest BCUT2D eigenvalue weighted by atomic mass is 10.1. The second-order valence-corrected chi connectivity index (χ2v) is 5.04. The number of aliphatic hydroxyl groups excluding tert-OH is 1. The van der Waals surface area contributed by atoms with Gasteiger partial charge in [-0.15, -0.1) is 0 Å². The average Bonchev–Trinajstić information content (AvgIpc) is 2.48. The largest absolute Gasteiger partial charge is 0.392 e. The first kappa shape index (κ1) is 15.2. The van der Waals surface area contributed by atoms with Gasteiger partial charge in [0.05, 0.1) is 12.6 Å². The lowest BCUT2D eigenvalue weighted by Gasteiger charge is -2.23. The van der Waals surface area contributed by atoms with Crippen LogP contribution < -0.4 is 5.32 Å². The average molecular weight is 289 g/mol. The molecule has 1 aromatic rings. The van der Waals surface area contributed by atoms with Gasteiger partial charge in [-0.2, -0.15) is 5.10 Å². The van der Waals surface area contributed by atoms with E-state index in [4.69, 9.17) is 5.11 Å². The summed E-state index contributed by atoms with van der Waals surface area (Å²) in [6.07, 6.45) is -0.0102. The van der Waals surface area contributed by atoms with Crippen LogP contribution in [0.3, 0.4) is 0 Å². The third-order valence-electron chi connectivity index (χ3n) is 3.10. The maximum atomic E-state index is 11.9. The molecule has 1 aromatic carbocycles. The number of amides is 2. The van der Waals surface area contributed by atoms with Gasteiger partial charge in [-0.25, -0.2) is 5.01 Å². The Bertz CT molecular complexity index is 540. The van der Waals surface area contributed by atoms with Gasteiger partial charge in [0, 0.05) is 19.4 Å². The number of hydrogen-bond donors (Lipinski definition) is 2. The highest BCUT2D eigenvalue weighted by atomic mass is 16.3. The molecule has 0 saturated carbocycles. The van der Waals surface area contributed by atoms with Gasteiger partial charge in [0.2, 0.25) is 5.91 Å². The van der Waals surface area contributed by atoms with E-state index in [0.717, 1.165) is 5.56 Å². The summed E-state index contributed by atoms with van der Waals surface area (Å²) in [6, 6.07) is 9.50. The number of nitrogens with zero attached hydrogens (tertiary/aromatic N) is 2. The quantitative estimate of drug-likeness (QED) is 0.835. The first-order chi connectivity index (χ1) is 10.1. The molecule has 0 aromatic heterocycles. The van der Waals surface area contributed by atoms with Crippen molar-refractivity contribution in [2.24, 2.45) is 5.10 Å². The molecule has 2 rings (SSSR count). The zero-order valence-electron chi connectivity index (χ0n) is 12.0. The molecule has 1 heterocycles. The SMILES string of the molecule is C[C@H](O)CNC(=O)C1=NN(Cc2ccccc2)C(=O)CC1. The second-order valence-electron chi connectivity index (χ2n) is 5.04. The van der Waals surface area contributed by atoms with Crippen LogP contribution in [0.5, 0.6) is 0 Å². The summed E-state index contributed by atoms with van der Waals surface area (Å²) in [5.41, 5.74) is 1.28. The Morgan fingerprint density at radius 1 is 1.38 bits per heavy atom. The van der Waals surface area contributed by atoms with E-state index in [2.05, 4.69) is 10.4 Å². The number of hydrazone groups is 1. The topological polar surface area (TPSA) is 82.0 Å². The molecular weight excluding hydrogens is 270 g/mol. The molecule has 0 aliphatic carbocycles. The van der Waals surface area contributed by atoms with Crippen LogP contribution in [0, 0.1) is 0 Å². The molecule has 112 valence electrons. The summed E-state index contributed by atoms with van der Waals surface area (Å²) in [4.78, 5) is 23.8. The van der Waals surface area contributed by atoms with Gasteiger partial charge < -0.3 is 10.4 Å². The number of nitrogens with one attached hydrogen (secondary N) is 1. The molecule has 2 N–H and O–H groups in total. The number of rotatable bonds is 5. The lowest BCUT2D eigenvalue weighted by molar-refractivity contribution is -0.132. The Morgan fingerprint density at radius 2 is 2.10 bits per heavy atom. The van der Waals surface area contributed by atoms with Crippen molar-refractivity contribution in [3.63, 3.8) is 0 Å². The molecule has 0 bridgehead atoms. The number of carbonyl (C=O) groups is 2. The predicted molar refractivity (Wildman–Crippen MR) is 78.4 cm³/mol. The molecule has 0 fully saturated rings. The van der Waals surface area contributed by atoms with E-state index in [1.807, 2.05) is 30.3 Å². The summed E-state index contributed by atoms with van der Waals surface area (Å²) in [7, 11) is 0. The first-order valence-electron chi connectivity index (χ1n) is 6.94. The summed E-state index contributed by atoms with van der Waals surface area (Å²) in [5, 5.41) is 17.2. The van der Waals surface area contributed by atoms with Gasteiger partial charge in [0.25, 0.3) is 5.91 Å². The summed E-state index contributed by atoms with van der Waals surface area (Å²) in [5.74, 6) is -0.424. The molecule has 2 amide bonds. The van der Waals surface area contributed by atoms with Crippen molar-refractivity contribution in [1.82, 2.24) is 10.3 Å². The van der Waals surface area contributed by atoms with Gasteiger partial charge in [0.1, 0.15) is 5.71 Å². The molecule has 1 aliphatic rings. The van der Waals surface area contributed by atoms with Gasteiger partial charge in [-0.1, -0.05) is 30.3 Å². The number of hydrogen-bond acceptors (Lipinski definition) is 4. The summed E-state index contributed by atoms with van der Waals surface area (Å²) in [6.45, 7) is 2.12. The highest BCUT2D eigenvalue weighted by molar-refractivity contribution is 6.39. The summed E-state index contributed by atoms with van der Waals surface area (Å²) < 4.78 is 0. The van der Waals surface area contributed by atoms with Crippen molar-refractivity contribution >= 4 is 17.5 Å². The van der Waals surface area contributed by atoms with Crippen molar-refractivity contribution in [3.05, 3.63) is 35.9 Å². The fraction of sp³-hybridized carbons (Fsp3) is 0.400. The van der Waals surface area contributed by atoms with Crippen LogP contribution in [0.2, 0.25) is 0 Å². The molecule has 6 heteroatoms. The maximum absolute atomic E-state index is 11.9. The van der Waals surface area contributed by atoms with Crippen molar-refractivity contribution in [1.29, 1.82) is 0 Å². The standard InChI is InChI=1S/C15H19N3O3/c1-11(19)9-16-15(21)13-7-8-14(20)18(17-13)10-12-5-3-2-4-6-12/h2-6,11,19H,7-10H2,1H3,(H,16,21)/t11-/m0/s1. The third-order valence-corrected chi connectivity index (χ3v) is 3.10. The molecule has 6 nitrogen and oxygen atoms in total. The van der Waals surface area contributed by atoms with Crippen molar-refractivity contribution in [2.75, 3.05) is 6.54 Å². The summed E-state index contributed by atoms with van der Waals surface area (Å²) >= 11 is 0. The fourth-order valence-corrected chi connectivity index (χ4v) is 1.99. The minimum Gasteiger partial charge on any atom is -0.392 e. The molecule has 0 saturated heterocycles. The Morgan fingerprint density at radius 3 is 2.76 bits per heavy atom. The van der Waals surface area contributed by atoms with Crippen LogP contribution in [0.4, 0.5) is 0 Å². The van der Waals surface area contributed by atoms with E-state index < -0.39 is 6.10 Å². The maximum Gasteiger partial charge on any atom is 0.267 e. The smallest absolute Gasteiger partial charge is 0.267 e. The zero-order valence-corrected chi connectivity index (χ0v) is 12.0. The number of benzene rings is 1. The monoisotopic (exact) mass is 289 g/mol. The Kier molecular flexibility index (Phi) is 5.05. The predicted octanol–water partition coefficient (Wildman–Crippen LogP) is 0.662. The van der Waals surface area contributed by atoms with Gasteiger partial charge in [-0.05, 0) is 12.5 Å². The van der Waals surface area contributed by atoms with Crippen LogP contribution in [0.1, 0.15) is 25.3 Å². The van der Waals surface area contributed by atoms with Crippen LogP contribution in [0.25, 0.3) is 0 Å². The van der Waals surface area contributed by atoms with E-state index in [0.29, 0.717) is 18.7 Å². The normalized spacial score (nSPS) is 16.4. The number of aliphatic hydroxyl groups is 1. The molecule has 0 spiro atoms. The highest BCUT2D eigenvalue weighted by Crippen LogP contribution is 2.13. The van der Waals surface area contributed by atoms with Crippen LogP contribution >= 0.6 is 0 Å². The first-order valence-corrected chi connectivity index (χ1v) is 6.94. The molecule has 1 aliphatic heterocycles. The van der Waals surface area contributed by atoms with Gasteiger partial charge in [0.15, 0.2) is 0 Å². The van der Waals surface area contributed by atoms with E-state index in [-0.39, 0.29) is 24.8 Å². The van der Waals surface area contributed by atoms with Gasteiger partial charge in [-0.3, -0.25) is 9.59 Å². The molecule has 1 atom stereocenters. The Labute approximate surface area is 123 Å². The minimum atomic E-state index is -0.611. The van der Waals surface area contributed by atoms with E-state index in [1.54, 1.807) is 6.92 Å². The van der Waals surface area contributed by atoms with E-state index in [1.165, 1.54) is 5.01 Å². The van der Waals surface area contributed by atoms with Crippen LogP contribution in [-0.4, -0.2) is 40.3 Å². The van der Waals surface area contributed by atoms with Crippen LogP contribution in [0.15, 0.2) is 35.4 Å². The van der Waals surface area contributed by atoms with Crippen molar-refractivity contribution in [2.45, 2.75) is 32.4 Å². The van der Waals surface area contributed by atoms with Gasteiger partial charge >= 0.3 is 0 Å². The van der Waals surface area contributed by atoms with Crippen LogP contribution in [-0.2, 0) is 16.1 Å². The molecule has 0 radical (unpaired) electrons. The van der Waals surface area contributed by atoms with Crippen molar-refractivity contribution < 1.29 is 14.7 Å². The second kappa shape index (κ2) is 6.99.